The summed E-state index contributed by atoms with van der Waals surface area (Å²) in [4.78, 5) is 11.6. The van der Waals surface area contributed by atoms with Gasteiger partial charge in [-0.1, -0.05) is 55.1 Å². The number of rotatable bonds is 13. The molecule has 138 valence electrons. The summed E-state index contributed by atoms with van der Waals surface area (Å²) in [5, 5.41) is 0. The van der Waals surface area contributed by atoms with Crippen LogP contribution in [0.3, 0.4) is 0 Å². The van der Waals surface area contributed by atoms with E-state index >= 15 is 0 Å². The number of carbonyl (C=O) groups excluding carboxylic acids is 1. The summed E-state index contributed by atoms with van der Waals surface area (Å²) < 4.78 is 5.26. The van der Waals surface area contributed by atoms with Crippen LogP contribution in [-0.4, -0.2) is 12.6 Å². The second kappa shape index (κ2) is 15.2. The average molecular weight is 335 g/mol. The van der Waals surface area contributed by atoms with Gasteiger partial charge in [-0.3, -0.25) is 4.79 Å². The van der Waals surface area contributed by atoms with Crippen molar-refractivity contribution < 1.29 is 9.53 Å². The zero-order chi connectivity index (χ0) is 18.2. The minimum absolute atomic E-state index is 0.0647. The van der Waals surface area contributed by atoms with Gasteiger partial charge in [-0.15, -0.1) is 0 Å². The van der Waals surface area contributed by atoms with E-state index in [2.05, 4.69) is 46.8 Å². The fourth-order valence-electron chi connectivity index (χ4n) is 2.38. The molecule has 0 saturated carbocycles. The minimum Gasteiger partial charge on any atom is -0.461 e. The highest BCUT2D eigenvalue weighted by atomic mass is 16.5. The van der Waals surface area contributed by atoms with E-state index in [1.165, 1.54) is 29.6 Å². The molecular weight excluding hydrogens is 296 g/mol. The Morgan fingerprint density at radius 1 is 0.792 bits per heavy atom. The number of ether oxygens (including phenoxy) is 1. The fourth-order valence-corrected chi connectivity index (χ4v) is 2.38. The first kappa shape index (κ1) is 22.7. The molecule has 0 aliphatic carbocycles. The highest BCUT2D eigenvalue weighted by Gasteiger charge is 2.01. The number of unbranched alkanes of at least 4 members (excludes halogenated alkanes) is 3. The van der Waals surface area contributed by atoms with Gasteiger partial charge in [0, 0.05) is 6.42 Å². The van der Waals surface area contributed by atoms with Crippen LogP contribution in [0.5, 0.6) is 0 Å². The molecule has 0 amide bonds. The lowest BCUT2D eigenvalue weighted by Crippen LogP contribution is -2.04. The molecule has 0 aromatic carbocycles. The van der Waals surface area contributed by atoms with Gasteiger partial charge in [-0.2, -0.15) is 0 Å². The van der Waals surface area contributed by atoms with Crippen LogP contribution in [0, 0.1) is 0 Å². The summed E-state index contributed by atoms with van der Waals surface area (Å²) >= 11 is 0. The molecule has 0 rings (SSSR count). The van der Waals surface area contributed by atoms with Crippen LogP contribution < -0.4 is 0 Å². The van der Waals surface area contributed by atoms with Gasteiger partial charge in [0.15, 0.2) is 0 Å². The molecule has 0 N–H and O–H groups in total. The van der Waals surface area contributed by atoms with Crippen LogP contribution in [0.15, 0.2) is 34.9 Å². The molecule has 24 heavy (non-hydrogen) atoms. The van der Waals surface area contributed by atoms with Crippen molar-refractivity contribution >= 4 is 5.97 Å². The molecule has 0 fully saturated rings. The molecule has 0 spiro atoms. The molecule has 2 nitrogen and oxygen atoms in total. The minimum atomic E-state index is -0.0647. The maximum absolute atomic E-state index is 11.6. The normalized spacial score (nSPS) is 12.2. The van der Waals surface area contributed by atoms with Gasteiger partial charge in [-0.25, -0.2) is 0 Å². The molecule has 0 aromatic heterocycles. The van der Waals surface area contributed by atoms with Crippen LogP contribution in [0.2, 0.25) is 0 Å². The Bertz CT molecular complexity index is 423. The number of hydrogen-bond acceptors (Lipinski definition) is 2. The largest absolute Gasteiger partial charge is 0.461 e. The molecule has 0 atom stereocenters. The summed E-state index contributed by atoms with van der Waals surface area (Å²) in [6.45, 7) is 11.2. The van der Waals surface area contributed by atoms with E-state index in [0.29, 0.717) is 13.0 Å². The summed E-state index contributed by atoms with van der Waals surface area (Å²) in [5.41, 5.74) is 4.14. The molecule has 0 unspecified atom stereocenters. The van der Waals surface area contributed by atoms with E-state index < -0.39 is 0 Å². The molecule has 0 aromatic rings. The molecule has 0 radical (unpaired) electrons. The topological polar surface area (TPSA) is 26.3 Å². The summed E-state index contributed by atoms with van der Waals surface area (Å²) in [7, 11) is 0. The highest BCUT2D eigenvalue weighted by Crippen LogP contribution is 2.11. The van der Waals surface area contributed by atoms with Crippen LogP contribution >= 0.6 is 0 Å². The van der Waals surface area contributed by atoms with Crippen molar-refractivity contribution in [1.82, 2.24) is 0 Å². The molecular formula is C22H38O2. The van der Waals surface area contributed by atoms with Crippen LogP contribution in [0.25, 0.3) is 0 Å². The van der Waals surface area contributed by atoms with Gasteiger partial charge in [-0.05, 0) is 65.9 Å². The second-order valence-electron chi connectivity index (χ2n) is 6.95. The van der Waals surface area contributed by atoms with Crippen molar-refractivity contribution in [3.63, 3.8) is 0 Å². The summed E-state index contributed by atoms with van der Waals surface area (Å²) in [6.07, 6.45) is 16.1. The lowest BCUT2D eigenvalue weighted by molar-refractivity contribution is -0.142. The van der Waals surface area contributed by atoms with Gasteiger partial charge >= 0.3 is 5.97 Å². The average Bonchev–Trinajstić information content (AvgIpc) is 2.51. The predicted octanol–water partition coefficient (Wildman–Crippen LogP) is 6.92. The lowest BCUT2D eigenvalue weighted by Gasteiger charge is -2.04. The van der Waals surface area contributed by atoms with Crippen molar-refractivity contribution in [2.75, 3.05) is 6.61 Å². The van der Waals surface area contributed by atoms with Crippen LogP contribution in [-0.2, 0) is 9.53 Å². The molecule has 2 heteroatoms. The second-order valence-corrected chi connectivity index (χ2v) is 6.95. The third kappa shape index (κ3) is 15.6. The number of hydrogen-bond donors (Lipinski definition) is 0. The van der Waals surface area contributed by atoms with E-state index in [9.17, 15) is 4.79 Å². The monoisotopic (exact) mass is 334 g/mol. The fraction of sp³-hybridized carbons (Fsp3) is 0.682. The van der Waals surface area contributed by atoms with Crippen LogP contribution in [0.1, 0.15) is 92.4 Å². The Hall–Kier alpha value is -1.31. The SMILES string of the molecule is CCCCCCC(=O)OC/C=C(\C)CC/C=C(\C)CCC=C(C)C. The molecule has 0 aliphatic heterocycles. The third-order valence-corrected chi connectivity index (χ3v) is 4.03. The maximum atomic E-state index is 11.6. The predicted molar refractivity (Wildman–Crippen MR) is 105 cm³/mol. The van der Waals surface area contributed by atoms with Crippen molar-refractivity contribution in [3.05, 3.63) is 34.9 Å². The Kier molecular flexibility index (Phi) is 14.4. The van der Waals surface area contributed by atoms with E-state index in [1.54, 1.807) is 0 Å². The Morgan fingerprint density at radius 2 is 1.42 bits per heavy atom. The third-order valence-electron chi connectivity index (χ3n) is 4.03. The smallest absolute Gasteiger partial charge is 0.306 e. The van der Waals surface area contributed by atoms with Gasteiger partial charge < -0.3 is 4.74 Å². The summed E-state index contributed by atoms with van der Waals surface area (Å²) in [6, 6.07) is 0. The zero-order valence-corrected chi connectivity index (χ0v) is 16.6. The zero-order valence-electron chi connectivity index (χ0n) is 16.6. The Morgan fingerprint density at radius 3 is 2.04 bits per heavy atom. The quantitative estimate of drug-likeness (QED) is 0.207. The van der Waals surface area contributed by atoms with Crippen LogP contribution in [0.4, 0.5) is 0 Å². The van der Waals surface area contributed by atoms with E-state index in [4.69, 9.17) is 4.74 Å². The molecule has 0 bridgehead atoms. The van der Waals surface area contributed by atoms with Crippen molar-refractivity contribution in [1.29, 1.82) is 0 Å². The number of carbonyl (C=O) groups is 1. The number of allylic oxidation sites excluding steroid dienone is 5. The van der Waals surface area contributed by atoms with Gasteiger partial charge in [0.05, 0.1) is 0 Å². The standard InChI is InChI=1S/C22H38O2/c1-6-7-8-9-16-22(23)24-18-17-21(5)15-11-14-20(4)13-10-12-19(2)3/h12,14,17H,6-11,13,15-16,18H2,1-5H3/b20-14+,21-17+. The van der Waals surface area contributed by atoms with Gasteiger partial charge in [0.2, 0.25) is 0 Å². The van der Waals surface area contributed by atoms with E-state index in [1.807, 2.05) is 6.08 Å². The molecule has 0 saturated heterocycles. The first-order valence-electron chi connectivity index (χ1n) is 9.56. The van der Waals surface area contributed by atoms with Crippen molar-refractivity contribution in [2.45, 2.75) is 92.4 Å². The first-order chi connectivity index (χ1) is 11.5. The van der Waals surface area contributed by atoms with Crippen molar-refractivity contribution in [2.24, 2.45) is 0 Å². The summed E-state index contributed by atoms with van der Waals surface area (Å²) in [5.74, 6) is -0.0647. The Balaban J connectivity index is 3.82. The Labute approximate surface area is 150 Å². The lowest BCUT2D eigenvalue weighted by atomic mass is 10.1. The van der Waals surface area contributed by atoms with Crippen molar-refractivity contribution in [3.8, 4) is 0 Å². The highest BCUT2D eigenvalue weighted by molar-refractivity contribution is 5.69. The van der Waals surface area contributed by atoms with Gasteiger partial charge in [0.1, 0.15) is 6.61 Å². The first-order valence-corrected chi connectivity index (χ1v) is 9.56. The van der Waals surface area contributed by atoms with E-state index in [-0.39, 0.29) is 5.97 Å². The van der Waals surface area contributed by atoms with Gasteiger partial charge in [0.25, 0.3) is 0 Å². The van der Waals surface area contributed by atoms with E-state index in [0.717, 1.165) is 38.5 Å². The number of esters is 1. The molecule has 0 aliphatic rings. The molecule has 0 heterocycles. The maximum Gasteiger partial charge on any atom is 0.306 e.